The molecule has 2 unspecified atom stereocenters. The molecular weight excluding hydrogens is 1430 g/mol. The minimum absolute atomic E-state index is 0.00978. The van der Waals surface area contributed by atoms with Crippen molar-refractivity contribution in [2.24, 2.45) is 0 Å². The molecule has 0 radical (unpaired) electrons. The van der Waals surface area contributed by atoms with Crippen LogP contribution in [0.25, 0.3) is 0 Å². The molecule has 0 aromatic carbocycles. The van der Waals surface area contributed by atoms with Gasteiger partial charge in [-0.05, 0) is 173 Å². The van der Waals surface area contributed by atoms with E-state index in [9.17, 15) is 43.2 Å². The Morgan fingerprint density at radius 3 is 0.818 bits per heavy atom. The average Bonchev–Trinajstić information content (AvgIpc) is 0.906. The maximum absolute atomic E-state index is 13.1. The zero-order valence-corrected chi connectivity index (χ0v) is 69.4. The van der Waals surface area contributed by atoms with Crippen LogP contribution in [0.5, 0.6) is 0 Å². The Morgan fingerprint density at radius 2 is 0.491 bits per heavy atom. The van der Waals surface area contributed by atoms with Crippen molar-refractivity contribution in [3.8, 4) is 0 Å². The highest BCUT2D eigenvalue weighted by Gasteiger charge is 2.30. The molecule has 0 aliphatic carbocycles. The van der Waals surface area contributed by atoms with Gasteiger partial charge in [0.1, 0.15) is 19.3 Å². The molecule has 0 aliphatic heterocycles. The molecule has 0 amide bonds. The van der Waals surface area contributed by atoms with E-state index in [1.165, 1.54) is 25.7 Å². The molecule has 17 nitrogen and oxygen atoms in total. The number of hydrogen-bond acceptors (Lipinski definition) is 15. The van der Waals surface area contributed by atoms with Crippen LogP contribution in [-0.2, 0) is 65.4 Å². The molecule has 0 bridgehead atoms. The molecule has 0 aliphatic rings. The maximum atomic E-state index is 13.1. The molecule has 3 N–H and O–H groups in total. The third-order valence-corrected chi connectivity index (χ3v) is 17.8. The number of rotatable bonds is 74. The smallest absolute Gasteiger partial charge is 0.462 e. The van der Waals surface area contributed by atoms with Crippen LogP contribution >= 0.6 is 15.6 Å². The monoisotopic (exact) mass is 1570 g/mol. The Labute approximate surface area is 664 Å². The quantitative estimate of drug-likeness (QED) is 0.0169. The predicted molar refractivity (Wildman–Crippen MR) is 454 cm³/mol. The SMILES string of the molecule is CC/C=C\C/C=C\C/C=C\C/C=C\C/C=C\C/C=C\CCC(=O)OC[C@H](COP(=O)(O)OC[C@@H](O)COP(=O)(O)OC[C@@H](COC(=O)CCCCCCC/C=C\CCCCCC)OC(=O)CCCCC/C=C\C/C=C\C/C=C\C/C=C\C/C=C\CC)OC(=O)CC/C=C\C/C=C\C/C=C\C/C=C\C/C=C\C/C=C\CC. The Hall–Kier alpha value is -6.62. The molecule has 0 saturated carbocycles. The van der Waals surface area contributed by atoms with Crippen LogP contribution < -0.4 is 0 Å². The molecule has 0 aromatic heterocycles. The van der Waals surface area contributed by atoms with Crippen LogP contribution in [0, 0.1) is 0 Å². The lowest BCUT2D eigenvalue weighted by molar-refractivity contribution is -0.161. The normalized spacial score (nSPS) is 14.9. The Morgan fingerprint density at radius 1 is 0.264 bits per heavy atom. The third kappa shape index (κ3) is 79.5. The van der Waals surface area contributed by atoms with Gasteiger partial charge in [-0.3, -0.25) is 37.3 Å². The summed E-state index contributed by atoms with van der Waals surface area (Å²) in [4.78, 5) is 73.1. The second-order valence-corrected chi connectivity index (χ2v) is 29.1. The van der Waals surface area contributed by atoms with E-state index in [4.69, 9.17) is 37.0 Å². The number of hydrogen-bond donors (Lipinski definition) is 3. The molecule has 19 heteroatoms. The van der Waals surface area contributed by atoms with Crippen LogP contribution in [0.1, 0.15) is 272 Å². The average molecular weight is 1570 g/mol. The lowest BCUT2D eigenvalue weighted by Gasteiger charge is -2.21. The first kappa shape index (κ1) is 103. The van der Waals surface area contributed by atoms with Gasteiger partial charge in [0.15, 0.2) is 12.2 Å². The van der Waals surface area contributed by atoms with Gasteiger partial charge in [0.25, 0.3) is 0 Å². The third-order valence-electron chi connectivity index (χ3n) is 15.9. The van der Waals surface area contributed by atoms with Crippen molar-refractivity contribution in [1.82, 2.24) is 0 Å². The van der Waals surface area contributed by atoms with Crippen molar-refractivity contribution in [2.75, 3.05) is 39.6 Å². The van der Waals surface area contributed by atoms with Gasteiger partial charge in [0.2, 0.25) is 0 Å². The van der Waals surface area contributed by atoms with Gasteiger partial charge in [0.05, 0.1) is 26.4 Å². The number of carbonyl (C=O) groups is 4. The van der Waals surface area contributed by atoms with Gasteiger partial charge in [0, 0.05) is 25.7 Å². The maximum Gasteiger partial charge on any atom is 0.472 e. The van der Waals surface area contributed by atoms with Crippen molar-refractivity contribution in [1.29, 1.82) is 0 Å². The van der Waals surface area contributed by atoms with E-state index >= 15 is 0 Å². The number of unbranched alkanes of at least 4 members (excludes halogenated alkanes) is 12. The van der Waals surface area contributed by atoms with Crippen molar-refractivity contribution < 1.29 is 80.2 Å². The van der Waals surface area contributed by atoms with Crippen molar-refractivity contribution in [2.45, 2.75) is 290 Å². The Balaban J connectivity index is 5.58. The number of ether oxygens (including phenoxy) is 4. The first-order chi connectivity index (χ1) is 53.7. The van der Waals surface area contributed by atoms with Crippen LogP contribution in [0.3, 0.4) is 0 Å². The number of phosphoric acid groups is 2. The van der Waals surface area contributed by atoms with Crippen LogP contribution in [-0.4, -0.2) is 96.7 Å². The number of phosphoric ester groups is 2. The number of esters is 4. The van der Waals surface area contributed by atoms with Gasteiger partial charge >= 0.3 is 39.5 Å². The standard InChI is InChI=1S/C91H142O17P2/c1-5-9-13-17-21-25-29-33-36-39-42-45-48-52-56-60-64-68-72-76-89(94)102-82-87(108-91(96)78-74-70-66-62-58-54-50-47-44-41-38-35-31-27-23-19-15-11-7-3)84-106-110(99,100)104-80-85(92)79-103-109(97,98)105-83-86(81-101-88(93)75-71-67-63-59-55-51-32-28-24-20-16-12-8-4)107-90(95)77-73-69-65-61-57-53-49-46-43-40-37-34-30-26-22-18-14-10-6-2/h9-11,13-15,21-23,25-28,32-38,42-47,52-54,56-58,64,66,68,70,85-87,92H,5-8,12,16-20,24,29-31,39-41,48-51,55,59-63,65,67,69,71-84H2,1-4H3,(H,97,98)(H,99,100)/b13-9-,14-10-,15-11-,25-21-,26-22-,27-23-,32-28-,36-33-,37-34-,38-35-,45-42-,46-43-,47-44-,56-52-,57-53-,58-54-,68-64-,70-66-/t85-,86+,87+/m0/s1. The zero-order valence-electron chi connectivity index (χ0n) is 67.6. The van der Waals surface area contributed by atoms with E-state index in [-0.39, 0.29) is 25.7 Å². The summed E-state index contributed by atoms with van der Waals surface area (Å²) in [6, 6.07) is 0. The van der Waals surface area contributed by atoms with E-state index in [1.807, 2.05) is 36.5 Å². The predicted octanol–water partition coefficient (Wildman–Crippen LogP) is 24.4. The summed E-state index contributed by atoms with van der Waals surface area (Å²) in [5.74, 6) is -2.44. The van der Waals surface area contributed by atoms with Crippen LogP contribution in [0.15, 0.2) is 219 Å². The molecule has 618 valence electrons. The van der Waals surface area contributed by atoms with E-state index in [1.54, 1.807) is 0 Å². The highest BCUT2D eigenvalue weighted by Crippen LogP contribution is 2.45. The lowest BCUT2D eigenvalue weighted by Crippen LogP contribution is -2.30. The summed E-state index contributed by atoms with van der Waals surface area (Å²) >= 11 is 0. The number of carbonyl (C=O) groups excluding carboxylic acids is 4. The first-order valence-corrected chi connectivity index (χ1v) is 44.0. The van der Waals surface area contributed by atoms with E-state index in [0.717, 1.165) is 154 Å². The summed E-state index contributed by atoms with van der Waals surface area (Å²) in [5, 5.41) is 10.7. The highest BCUT2D eigenvalue weighted by atomic mass is 31.2. The fourth-order valence-electron chi connectivity index (χ4n) is 9.82. The molecule has 0 rings (SSSR count). The van der Waals surface area contributed by atoms with Crippen molar-refractivity contribution in [3.63, 3.8) is 0 Å². The van der Waals surface area contributed by atoms with Gasteiger partial charge in [-0.1, -0.05) is 291 Å². The molecule has 0 saturated heterocycles. The number of allylic oxidation sites excluding steroid dienone is 36. The molecular formula is C91H142O17P2. The van der Waals surface area contributed by atoms with Gasteiger partial charge in [-0.25, -0.2) is 9.13 Å². The molecule has 110 heavy (non-hydrogen) atoms. The summed E-state index contributed by atoms with van der Waals surface area (Å²) < 4.78 is 68.5. The second kappa shape index (κ2) is 80.4. The van der Waals surface area contributed by atoms with Gasteiger partial charge in [-0.2, -0.15) is 0 Å². The summed E-state index contributed by atoms with van der Waals surface area (Å²) in [5.41, 5.74) is 0. The zero-order chi connectivity index (χ0) is 80.3. The van der Waals surface area contributed by atoms with Crippen molar-refractivity contribution >= 4 is 39.5 Å². The number of aliphatic hydroxyl groups is 1. The van der Waals surface area contributed by atoms with Crippen molar-refractivity contribution in [3.05, 3.63) is 219 Å². The molecule has 5 atom stereocenters. The summed E-state index contributed by atoms with van der Waals surface area (Å²) in [7, 11) is -10.0. The van der Waals surface area contributed by atoms with E-state index in [2.05, 4.69) is 210 Å². The van der Waals surface area contributed by atoms with E-state index < -0.39 is 97.5 Å². The molecule has 0 fully saturated rings. The molecule has 0 aromatic rings. The topological polar surface area (TPSA) is 237 Å². The van der Waals surface area contributed by atoms with Crippen LogP contribution in [0.2, 0.25) is 0 Å². The lowest BCUT2D eigenvalue weighted by atomic mass is 10.1. The van der Waals surface area contributed by atoms with Crippen LogP contribution in [0.4, 0.5) is 0 Å². The summed E-state index contributed by atoms with van der Waals surface area (Å²) in [6.45, 7) is 4.26. The first-order valence-electron chi connectivity index (χ1n) is 41.0. The Kier molecular flexibility index (Phi) is 75.6. The number of aliphatic hydroxyl groups excluding tert-OH is 1. The largest absolute Gasteiger partial charge is 0.472 e. The highest BCUT2D eigenvalue weighted by molar-refractivity contribution is 7.47. The van der Waals surface area contributed by atoms with Gasteiger partial charge in [-0.15, -0.1) is 0 Å². The molecule has 0 spiro atoms. The second-order valence-electron chi connectivity index (χ2n) is 26.2. The Bertz CT molecular complexity index is 2950. The fraction of sp³-hybridized carbons (Fsp3) is 0.560. The van der Waals surface area contributed by atoms with E-state index in [0.29, 0.717) is 38.5 Å². The summed E-state index contributed by atoms with van der Waals surface area (Å²) in [6.07, 6.45) is 102. The van der Waals surface area contributed by atoms with Gasteiger partial charge < -0.3 is 33.8 Å². The fourth-order valence-corrected chi connectivity index (χ4v) is 11.4. The molecule has 0 heterocycles. The minimum Gasteiger partial charge on any atom is -0.462 e. The minimum atomic E-state index is -5.03.